The monoisotopic (exact) mass is 319 g/mol. The van der Waals surface area contributed by atoms with Crippen molar-refractivity contribution in [2.75, 3.05) is 14.1 Å². The average Bonchev–Trinajstić information content (AvgIpc) is 2.48. The Morgan fingerprint density at radius 2 is 1.77 bits per heavy atom. The lowest BCUT2D eigenvalue weighted by atomic mass is 9.86. The molecule has 0 amide bonds. The van der Waals surface area contributed by atoms with Crippen LogP contribution in [0, 0.1) is 5.92 Å². The fourth-order valence-electron chi connectivity index (χ4n) is 3.06. The van der Waals surface area contributed by atoms with Crippen molar-refractivity contribution in [1.29, 1.82) is 0 Å². The van der Waals surface area contributed by atoms with Crippen LogP contribution in [-0.4, -0.2) is 30.1 Å². The summed E-state index contributed by atoms with van der Waals surface area (Å²) >= 11 is 5.44. The molecule has 3 nitrogen and oxygen atoms in total. The van der Waals surface area contributed by atoms with Crippen LogP contribution in [0.15, 0.2) is 24.3 Å². The van der Waals surface area contributed by atoms with Gasteiger partial charge in [-0.05, 0) is 56.2 Å². The van der Waals surface area contributed by atoms with E-state index in [-0.39, 0.29) is 0 Å². The van der Waals surface area contributed by atoms with Gasteiger partial charge in [-0.3, -0.25) is 0 Å². The van der Waals surface area contributed by atoms with Crippen molar-refractivity contribution in [2.45, 2.75) is 51.7 Å². The van der Waals surface area contributed by atoms with E-state index in [0.29, 0.717) is 6.04 Å². The molecule has 0 bridgehead atoms. The summed E-state index contributed by atoms with van der Waals surface area (Å²) in [6.45, 7) is 4.09. The highest BCUT2D eigenvalue weighted by atomic mass is 32.1. The van der Waals surface area contributed by atoms with Crippen molar-refractivity contribution in [1.82, 2.24) is 15.5 Å². The van der Waals surface area contributed by atoms with E-state index in [2.05, 4.69) is 60.8 Å². The maximum atomic E-state index is 5.44. The van der Waals surface area contributed by atoms with E-state index in [1.165, 1.54) is 36.8 Å². The first-order valence-electron chi connectivity index (χ1n) is 8.31. The highest BCUT2D eigenvalue weighted by Crippen LogP contribution is 2.23. The number of rotatable bonds is 5. The first-order valence-corrected chi connectivity index (χ1v) is 8.72. The Morgan fingerprint density at radius 1 is 1.14 bits per heavy atom. The first kappa shape index (κ1) is 17.2. The van der Waals surface area contributed by atoms with Crippen LogP contribution in [0.5, 0.6) is 0 Å². The van der Waals surface area contributed by atoms with E-state index >= 15 is 0 Å². The topological polar surface area (TPSA) is 27.3 Å². The number of thiocarbonyl (C=S) groups is 1. The minimum atomic E-state index is 0.538. The second kappa shape index (κ2) is 8.49. The largest absolute Gasteiger partial charge is 0.360 e. The molecule has 1 aromatic carbocycles. The van der Waals surface area contributed by atoms with Gasteiger partial charge in [0.25, 0.3) is 0 Å². The Balaban J connectivity index is 1.76. The quantitative estimate of drug-likeness (QED) is 0.815. The van der Waals surface area contributed by atoms with Crippen LogP contribution in [-0.2, 0) is 13.1 Å². The maximum Gasteiger partial charge on any atom is 0.166 e. The standard InChI is InChI=1S/C18H29N3S/c1-14-6-4-5-7-17(14)20-18(22)19-12-15-8-10-16(11-9-15)13-21(2)3/h8-11,14,17H,4-7,12-13H2,1-3H3,(H2,19,20,22)/t14-,17-/m1/s1. The smallest absolute Gasteiger partial charge is 0.166 e. The number of nitrogens with one attached hydrogen (secondary N) is 2. The van der Waals surface area contributed by atoms with Crippen LogP contribution in [0.25, 0.3) is 0 Å². The molecule has 22 heavy (non-hydrogen) atoms. The molecule has 0 aromatic heterocycles. The van der Waals surface area contributed by atoms with Crippen LogP contribution in [0.1, 0.15) is 43.7 Å². The van der Waals surface area contributed by atoms with Crippen molar-refractivity contribution in [3.63, 3.8) is 0 Å². The summed E-state index contributed by atoms with van der Waals surface area (Å²) in [5, 5.41) is 7.62. The minimum absolute atomic E-state index is 0.538. The minimum Gasteiger partial charge on any atom is -0.360 e. The summed E-state index contributed by atoms with van der Waals surface area (Å²) < 4.78 is 0. The molecule has 2 N–H and O–H groups in total. The molecule has 122 valence electrons. The zero-order valence-electron chi connectivity index (χ0n) is 14.1. The zero-order chi connectivity index (χ0) is 15.9. The lowest BCUT2D eigenvalue weighted by Crippen LogP contribution is -2.45. The summed E-state index contributed by atoms with van der Waals surface area (Å²) in [7, 11) is 4.18. The highest BCUT2D eigenvalue weighted by molar-refractivity contribution is 7.80. The van der Waals surface area contributed by atoms with E-state index in [4.69, 9.17) is 12.2 Å². The summed E-state index contributed by atoms with van der Waals surface area (Å²) in [4.78, 5) is 2.18. The summed E-state index contributed by atoms with van der Waals surface area (Å²) in [6, 6.07) is 9.28. The molecule has 0 heterocycles. The van der Waals surface area contributed by atoms with Gasteiger partial charge in [0.15, 0.2) is 5.11 Å². The van der Waals surface area contributed by atoms with Crippen LogP contribution in [0.4, 0.5) is 0 Å². The van der Waals surface area contributed by atoms with Crippen LogP contribution >= 0.6 is 12.2 Å². The number of benzene rings is 1. The van der Waals surface area contributed by atoms with Crippen molar-refractivity contribution >= 4 is 17.3 Å². The van der Waals surface area contributed by atoms with E-state index < -0.39 is 0 Å². The molecular formula is C18H29N3S. The molecule has 1 aliphatic rings. The van der Waals surface area contributed by atoms with Gasteiger partial charge in [0.1, 0.15) is 0 Å². The van der Waals surface area contributed by atoms with E-state index in [9.17, 15) is 0 Å². The molecule has 0 aliphatic heterocycles. The fourth-order valence-corrected chi connectivity index (χ4v) is 3.28. The molecule has 2 rings (SSSR count). The van der Waals surface area contributed by atoms with E-state index in [1.807, 2.05) is 0 Å². The van der Waals surface area contributed by atoms with Gasteiger partial charge in [0, 0.05) is 19.1 Å². The molecule has 1 saturated carbocycles. The lowest BCUT2D eigenvalue weighted by Gasteiger charge is -2.30. The molecule has 0 unspecified atom stereocenters. The highest BCUT2D eigenvalue weighted by Gasteiger charge is 2.21. The Labute approximate surface area is 140 Å². The van der Waals surface area contributed by atoms with Gasteiger partial charge in [-0.1, -0.05) is 44.0 Å². The van der Waals surface area contributed by atoms with Gasteiger partial charge in [-0.25, -0.2) is 0 Å². The predicted octanol–water partition coefficient (Wildman–Crippen LogP) is 3.29. The first-order chi connectivity index (χ1) is 10.5. The van der Waals surface area contributed by atoms with Crippen LogP contribution in [0.3, 0.4) is 0 Å². The molecule has 1 fully saturated rings. The van der Waals surface area contributed by atoms with Gasteiger partial charge >= 0.3 is 0 Å². The van der Waals surface area contributed by atoms with Gasteiger partial charge < -0.3 is 15.5 Å². The Morgan fingerprint density at radius 3 is 2.41 bits per heavy atom. The molecule has 0 saturated heterocycles. The normalized spacial score (nSPS) is 21.6. The van der Waals surface area contributed by atoms with E-state index in [1.54, 1.807) is 0 Å². The number of hydrogen-bond acceptors (Lipinski definition) is 2. The van der Waals surface area contributed by atoms with Gasteiger partial charge in [0.2, 0.25) is 0 Å². The fraction of sp³-hybridized carbons (Fsp3) is 0.611. The number of nitrogens with zero attached hydrogens (tertiary/aromatic N) is 1. The predicted molar refractivity (Wildman–Crippen MR) is 97.8 cm³/mol. The third-order valence-corrected chi connectivity index (χ3v) is 4.67. The molecule has 2 atom stereocenters. The second-order valence-corrected chi connectivity index (χ2v) is 7.16. The summed E-state index contributed by atoms with van der Waals surface area (Å²) in [6.07, 6.45) is 5.23. The Kier molecular flexibility index (Phi) is 6.65. The second-order valence-electron chi connectivity index (χ2n) is 6.75. The third kappa shape index (κ3) is 5.58. The van der Waals surface area contributed by atoms with Gasteiger partial charge in [0.05, 0.1) is 0 Å². The summed E-state index contributed by atoms with van der Waals surface area (Å²) in [5.41, 5.74) is 2.61. The molecular weight excluding hydrogens is 290 g/mol. The van der Waals surface area contributed by atoms with E-state index in [0.717, 1.165) is 24.1 Å². The van der Waals surface area contributed by atoms with Crippen molar-refractivity contribution < 1.29 is 0 Å². The van der Waals surface area contributed by atoms with Crippen LogP contribution in [0.2, 0.25) is 0 Å². The zero-order valence-corrected chi connectivity index (χ0v) is 14.9. The van der Waals surface area contributed by atoms with Gasteiger partial charge in [-0.15, -0.1) is 0 Å². The van der Waals surface area contributed by atoms with Crippen molar-refractivity contribution in [3.8, 4) is 0 Å². The van der Waals surface area contributed by atoms with Crippen molar-refractivity contribution in [3.05, 3.63) is 35.4 Å². The third-order valence-electron chi connectivity index (χ3n) is 4.40. The molecule has 0 radical (unpaired) electrons. The summed E-state index contributed by atoms with van der Waals surface area (Å²) in [5.74, 6) is 0.721. The Hall–Kier alpha value is -1.13. The molecule has 1 aliphatic carbocycles. The van der Waals surface area contributed by atoms with Crippen molar-refractivity contribution in [2.24, 2.45) is 5.92 Å². The average molecular weight is 320 g/mol. The molecule has 4 heteroatoms. The Bertz CT molecular complexity index is 470. The number of hydrogen-bond donors (Lipinski definition) is 2. The molecule has 1 aromatic rings. The lowest BCUT2D eigenvalue weighted by molar-refractivity contribution is 0.308. The molecule has 0 spiro atoms. The maximum absolute atomic E-state index is 5.44. The van der Waals surface area contributed by atoms with Gasteiger partial charge in [-0.2, -0.15) is 0 Å². The SMILES string of the molecule is C[C@@H]1CCCC[C@H]1NC(=S)NCc1ccc(CN(C)C)cc1. The van der Waals surface area contributed by atoms with Crippen LogP contribution < -0.4 is 10.6 Å².